The third-order valence-electron chi connectivity index (χ3n) is 2.79. The molecule has 1 heterocycles. The number of para-hydroxylation sites is 1. The van der Waals surface area contributed by atoms with E-state index in [1.165, 1.54) is 4.90 Å². The number of phenolic OH excluding ortho intramolecular Hbond substituents is 1. The van der Waals surface area contributed by atoms with Crippen LogP contribution in [-0.2, 0) is 16.1 Å². The Balaban J connectivity index is 2.20. The van der Waals surface area contributed by atoms with Crippen LogP contribution in [-0.4, -0.2) is 21.8 Å². The molecular weight excluding hydrogens is 206 g/mol. The number of carbonyl (C=O) groups excluding carboxylic acids is 2. The summed E-state index contributed by atoms with van der Waals surface area (Å²) in [6.45, 7) is 1.90. The van der Waals surface area contributed by atoms with E-state index in [9.17, 15) is 14.7 Å². The molecule has 1 aromatic rings. The highest BCUT2D eigenvalue weighted by Gasteiger charge is 2.35. The van der Waals surface area contributed by atoms with Crippen LogP contribution in [0.4, 0.5) is 0 Å². The van der Waals surface area contributed by atoms with E-state index < -0.39 is 0 Å². The maximum absolute atomic E-state index is 11.7. The average molecular weight is 219 g/mol. The van der Waals surface area contributed by atoms with E-state index in [2.05, 4.69) is 0 Å². The first kappa shape index (κ1) is 10.7. The number of rotatable bonds is 2. The Morgan fingerprint density at radius 3 is 2.62 bits per heavy atom. The van der Waals surface area contributed by atoms with Gasteiger partial charge in [0.2, 0.25) is 11.8 Å². The molecule has 1 aliphatic rings. The van der Waals surface area contributed by atoms with Crippen molar-refractivity contribution < 1.29 is 14.7 Å². The van der Waals surface area contributed by atoms with E-state index in [0.29, 0.717) is 5.56 Å². The van der Waals surface area contributed by atoms with Gasteiger partial charge in [0.05, 0.1) is 6.54 Å². The second-order valence-electron chi connectivity index (χ2n) is 4.05. The number of hydrogen-bond acceptors (Lipinski definition) is 3. The topological polar surface area (TPSA) is 57.6 Å². The first-order chi connectivity index (χ1) is 7.59. The number of benzene rings is 1. The van der Waals surface area contributed by atoms with Gasteiger partial charge in [0.1, 0.15) is 5.75 Å². The highest BCUT2D eigenvalue weighted by Crippen LogP contribution is 2.24. The van der Waals surface area contributed by atoms with E-state index in [-0.39, 0.29) is 36.4 Å². The predicted molar refractivity (Wildman–Crippen MR) is 57.4 cm³/mol. The summed E-state index contributed by atoms with van der Waals surface area (Å²) in [5.74, 6) is -0.449. The third-order valence-corrected chi connectivity index (χ3v) is 2.79. The normalized spacial score (nSPS) is 20.6. The minimum atomic E-state index is -0.238. The van der Waals surface area contributed by atoms with Gasteiger partial charge in [-0.2, -0.15) is 0 Å². The lowest BCUT2D eigenvalue weighted by Gasteiger charge is -2.14. The van der Waals surface area contributed by atoms with Gasteiger partial charge in [-0.15, -0.1) is 0 Å². The number of amides is 2. The number of hydrogen-bond donors (Lipinski definition) is 1. The molecule has 0 bridgehead atoms. The van der Waals surface area contributed by atoms with Gasteiger partial charge in [0.25, 0.3) is 0 Å². The highest BCUT2D eigenvalue weighted by atomic mass is 16.3. The fourth-order valence-electron chi connectivity index (χ4n) is 1.83. The summed E-state index contributed by atoms with van der Waals surface area (Å²) in [6.07, 6.45) is 0.270. The lowest BCUT2D eigenvalue weighted by atomic mass is 10.1. The molecule has 2 amide bonds. The summed E-state index contributed by atoms with van der Waals surface area (Å²) in [7, 11) is 0. The molecule has 0 radical (unpaired) electrons. The second-order valence-corrected chi connectivity index (χ2v) is 4.05. The minimum Gasteiger partial charge on any atom is -0.508 e. The Morgan fingerprint density at radius 2 is 2.06 bits per heavy atom. The number of carbonyl (C=O) groups is 2. The summed E-state index contributed by atoms with van der Waals surface area (Å²) < 4.78 is 0. The Morgan fingerprint density at radius 1 is 1.38 bits per heavy atom. The summed E-state index contributed by atoms with van der Waals surface area (Å²) in [5.41, 5.74) is 0.596. The van der Waals surface area contributed by atoms with Crippen LogP contribution in [0.2, 0.25) is 0 Å². The van der Waals surface area contributed by atoms with E-state index in [1.54, 1.807) is 31.2 Å². The van der Waals surface area contributed by atoms with Crippen LogP contribution in [0, 0.1) is 5.92 Å². The number of nitrogens with zero attached hydrogens (tertiary/aromatic N) is 1. The molecule has 1 aliphatic heterocycles. The van der Waals surface area contributed by atoms with Gasteiger partial charge in [0.15, 0.2) is 0 Å². The maximum Gasteiger partial charge on any atom is 0.232 e. The van der Waals surface area contributed by atoms with Crippen LogP contribution in [0.1, 0.15) is 18.9 Å². The van der Waals surface area contributed by atoms with Crippen LogP contribution in [0.25, 0.3) is 0 Å². The van der Waals surface area contributed by atoms with Crippen LogP contribution in [0.15, 0.2) is 24.3 Å². The van der Waals surface area contributed by atoms with Gasteiger partial charge in [0, 0.05) is 17.9 Å². The zero-order chi connectivity index (χ0) is 11.7. The van der Waals surface area contributed by atoms with Crippen LogP contribution in [0.5, 0.6) is 5.75 Å². The van der Waals surface area contributed by atoms with Gasteiger partial charge < -0.3 is 5.11 Å². The lowest BCUT2D eigenvalue weighted by molar-refractivity contribution is -0.139. The molecule has 0 spiro atoms. The molecule has 4 nitrogen and oxygen atoms in total. The van der Waals surface area contributed by atoms with Crippen LogP contribution >= 0.6 is 0 Å². The van der Waals surface area contributed by atoms with Crippen molar-refractivity contribution in [3.05, 3.63) is 29.8 Å². The summed E-state index contributed by atoms with van der Waals surface area (Å²) in [6, 6.07) is 6.72. The van der Waals surface area contributed by atoms with E-state index in [4.69, 9.17) is 0 Å². The van der Waals surface area contributed by atoms with Crippen molar-refractivity contribution in [1.29, 1.82) is 0 Å². The van der Waals surface area contributed by atoms with Gasteiger partial charge >= 0.3 is 0 Å². The molecule has 1 unspecified atom stereocenters. The fraction of sp³-hybridized carbons (Fsp3) is 0.333. The number of phenols is 1. The van der Waals surface area contributed by atoms with Crippen molar-refractivity contribution >= 4 is 11.8 Å². The Kier molecular flexibility index (Phi) is 2.64. The van der Waals surface area contributed by atoms with Gasteiger partial charge in [-0.1, -0.05) is 25.1 Å². The van der Waals surface area contributed by atoms with E-state index >= 15 is 0 Å². The molecule has 4 heteroatoms. The number of likely N-dealkylation sites (tertiary alicyclic amines) is 1. The van der Waals surface area contributed by atoms with Crippen molar-refractivity contribution in [1.82, 2.24) is 4.90 Å². The average Bonchev–Trinajstić information content (AvgIpc) is 2.48. The fourth-order valence-corrected chi connectivity index (χ4v) is 1.83. The largest absolute Gasteiger partial charge is 0.508 e. The summed E-state index contributed by atoms with van der Waals surface area (Å²) in [4.78, 5) is 24.4. The molecular formula is C12H13NO3. The molecule has 1 saturated heterocycles. The molecule has 2 rings (SSSR count). The van der Waals surface area contributed by atoms with Crippen molar-refractivity contribution in [3.63, 3.8) is 0 Å². The van der Waals surface area contributed by atoms with Crippen molar-refractivity contribution in [2.24, 2.45) is 5.92 Å². The molecule has 16 heavy (non-hydrogen) atoms. The monoisotopic (exact) mass is 219 g/mol. The van der Waals surface area contributed by atoms with Crippen molar-refractivity contribution in [2.75, 3.05) is 0 Å². The number of aromatic hydroxyl groups is 1. The smallest absolute Gasteiger partial charge is 0.232 e. The third kappa shape index (κ3) is 1.78. The molecule has 1 aromatic carbocycles. The standard InChI is InChI=1S/C12H13NO3/c1-8-6-11(15)13(12(8)16)7-9-4-2-3-5-10(9)14/h2-5,8,14H,6-7H2,1H3. The second kappa shape index (κ2) is 3.96. The van der Waals surface area contributed by atoms with E-state index in [1.807, 2.05) is 0 Å². The highest BCUT2D eigenvalue weighted by molar-refractivity contribution is 6.03. The minimum absolute atomic E-state index is 0.114. The molecule has 0 aliphatic carbocycles. The number of imide groups is 1. The van der Waals surface area contributed by atoms with Gasteiger partial charge in [-0.05, 0) is 6.07 Å². The predicted octanol–water partition coefficient (Wildman–Crippen LogP) is 1.29. The SMILES string of the molecule is CC1CC(=O)N(Cc2ccccc2O)C1=O. The lowest BCUT2D eigenvalue weighted by Crippen LogP contribution is -2.29. The van der Waals surface area contributed by atoms with Gasteiger partial charge in [-0.25, -0.2) is 0 Å². The van der Waals surface area contributed by atoms with Crippen molar-refractivity contribution in [2.45, 2.75) is 19.9 Å². The first-order valence-electron chi connectivity index (χ1n) is 5.20. The zero-order valence-electron chi connectivity index (χ0n) is 9.01. The van der Waals surface area contributed by atoms with Gasteiger partial charge in [-0.3, -0.25) is 14.5 Å². The molecule has 0 saturated carbocycles. The molecule has 1 N–H and O–H groups in total. The van der Waals surface area contributed by atoms with Crippen LogP contribution < -0.4 is 0 Å². The first-order valence-corrected chi connectivity index (χ1v) is 5.20. The maximum atomic E-state index is 11.7. The van der Waals surface area contributed by atoms with Crippen LogP contribution in [0.3, 0.4) is 0 Å². The summed E-state index contributed by atoms with van der Waals surface area (Å²) >= 11 is 0. The van der Waals surface area contributed by atoms with E-state index in [0.717, 1.165) is 0 Å². The van der Waals surface area contributed by atoms with Crippen molar-refractivity contribution in [3.8, 4) is 5.75 Å². The molecule has 1 atom stereocenters. The summed E-state index contributed by atoms with van der Waals surface area (Å²) in [5, 5.41) is 9.56. The molecule has 84 valence electrons. The quantitative estimate of drug-likeness (QED) is 0.762. The molecule has 0 aromatic heterocycles. The Labute approximate surface area is 93.5 Å². The zero-order valence-corrected chi connectivity index (χ0v) is 9.01. The Bertz CT molecular complexity index is 442. The Hall–Kier alpha value is -1.84. The molecule has 1 fully saturated rings.